The quantitative estimate of drug-likeness (QED) is 0.148. The molecule has 0 amide bonds. The summed E-state index contributed by atoms with van der Waals surface area (Å²) in [6.45, 7) is 0. The van der Waals surface area contributed by atoms with Gasteiger partial charge in [0.1, 0.15) is 12.0 Å². The first-order chi connectivity index (χ1) is 39.6. The number of aliphatic imine (C=N–C) groups is 2. The first-order valence-electron chi connectivity index (χ1n) is 26.9. The topological polar surface area (TPSA) is 85.3 Å². The SMILES string of the molecule is c1ccc(C2=NC(c3ccc(-n4c5ccccc5c5ccccc54)cc3)NC(c3ccc(-c4cccc(-c5ccc(-c6nc(-c7ccccc7)nc(-c7ccc(-n8c9ccccc9c9ccccc98)cc7)n6)cc5)c4)cc3)=N2)cc1. The van der Waals surface area contributed by atoms with Crippen molar-refractivity contribution < 1.29 is 0 Å². The highest BCUT2D eigenvalue weighted by atomic mass is 15.2. The second-order valence-electron chi connectivity index (χ2n) is 20.1. The van der Waals surface area contributed by atoms with Crippen LogP contribution in [0.15, 0.2) is 289 Å². The zero-order valence-electron chi connectivity index (χ0n) is 43.3. The van der Waals surface area contributed by atoms with Gasteiger partial charge >= 0.3 is 0 Å². The van der Waals surface area contributed by atoms with Gasteiger partial charge in [0.15, 0.2) is 23.3 Å². The number of hydrogen-bond acceptors (Lipinski definition) is 6. The first kappa shape index (κ1) is 46.5. The molecule has 0 fully saturated rings. The summed E-state index contributed by atoms with van der Waals surface area (Å²) in [6.07, 6.45) is -0.345. The van der Waals surface area contributed by atoms with Crippen LogP contribution in [0.5, 0.6) is 0 Å². The number of benzene rings is 11. The van der Waals surface area contributed by atoms with Crippen molar-refractivity contribution in [2.45, 2.75) is 6.17 Å². The Balaban J connectivity index is 0.696. The molecule has 0 aliphatic carbocycles. The third-order valence-electron chi connectivity index (χ3n) is 15.3. The van der Waals surface area contributed by atoms with Gasteiger partial charge in [0.05, 0.1) is 22.1 Å². The molecule has 3 aromatic heterocycles. The fraction of sp³-hybridized carbons (Fsp3) is 0.0139. The van der Waals surface area contributed by atoms with Crippen molar-refractivity contribution in [3.8, 4) is 67.8 Å². The second kappa shape index (κ2) is 19.6. The summed E-state index contributed by atoms with van der Waals surface area (Å²) in [4.78, 5) is 25.5. The van der Waals surface area contributed by atoms with Crippen molar-refractivity contribution in [1.82, 2.24) is 29.4 Å². The molecule has 1 N–H and O–H groups in total. The molecule has 0 saturated heterocycles. The standard InChI is InChI=1S/C72H48N8/c1-3-16-49(17-4-1)67-73-69(77-71(75-67)53-38-42-57(43-39-53)79-63-26-11-7-22-59(63)60-23-8-12-27-64(60)79)51-34-30-47(31-35-51)55-20-15-21-56(46-55)48-32-36-52(37-33-48)70-74-68(50-18-5-2-6-19-50)76-72(78-70)54-40-44-58(45-41-54)80-65-28-13-9-24-61(65)62-25-10-14-29-66(62)80/h1-46,71H,(H,73,75,77). The second-order valence-corrected chi connectivity index (χ2v) is 20.1. The summed E-state index contributed by atoms with van der Waals surface area (Å²) in [5.41, 5.74) is 17.0. The molecule has 0 spiro atoms. The number of amidine groups is 2. The van der Waals surface area contributed by atoms with Crippen LogP contribution in [-0.4, -0.2) is 35.8 Å². The fourth-order valence-corrected chi connectivity index (χ4v) is 11.3. The van der Waals surface area contributed by atoms with Crippen LogP contribution in [0.25, 0.3) is 111 Å². The zero-order valence-corrected chi connectivity index (χ0v) is 43.3. The predicted octanol–water partition coefficient (Wildman–Crippen LogP) is 16.9. The highest BCUT2D eigenvalue weighted by Gasteiger charge is 2.23. The Labute approximate surface area is 462 Å². The van der Waals surface area contributed by atoms with Crippen LogP contribution in [0.3, 0.4) is 0 Å². The lowest BCUT2D eigenvalue weighted by Gasteiger charge is -2.24. The molecule has 376 valence electrons. The number of rotatable bonds is 10. The Bertz CT molecular complexity index is 4590. The molecule has 0 bridgehead atoms. The van der Waals surface area contributed by atoms with Crippen LogP contribution >= 0.6 is 0 Å². The average Bonchev–Trinajstić information content (AvgIpc) is 4.12. The van der Waals surface area contributed by atoms with Crippen molar-refractivity contribution in [2.75, 3.05) is 0 Å². The molecule has 4 heterocycles. The van der Waals surface area contributed by atoms with Crippen LogP contribution in [0.2, 0.25) is 0 Å². The van der Waals surface area contributed by atoms with E-state index < -0.39 is 0 Å². The molecule has 1 aliphatic rings. The van der Waals surface area contributed by atoms with Gasteiger partial charge in [-0.15, -0.1) is 0 Å². The van der Waals surface area contributed by atoms with E-state index >= 15 is 0 Å². The Morgan fingerprint density at radius 2 is 0.637 bits per heavy atom. The molecule has 15 rings (SSSR count). The van der Waals surface area contributed by atoms with Gasteiger partial charge in [0.2, 0.25) is 0 Å². The summed E-state index contributed by atoms with van der Waals surface area (Å²) in [5, 5.41) is 8.63. The van der Waals surface area contributed by atoms with Crippen molar-refractivity contribution >= 4 is 55.3 Å². The lowest BCUT2D eigenvalue weighted by molar-refractivity contribution is 0.674. The third kappa shape index (κ3) is 8.40. The molecule has 1 atom stereocenters. The highest BCUT2D eigenvalue weighted by Crippen LogP contribution is 2.36. The van der Waals surface area contributed by atoms with Gasteiger partial charge < -0.3 is 14.5 Å². The fourth-order valence-electron chi connectivity index (χ4n) is 11.3. The molecule has 1 aliphatic heterocycles. The molecule has 11 aromatic carbocycles. The monoisotopic (exact) mass is 1020 g/mol. The molecule has 80 heavy (non-hydrogen) atoms. The van der Waals surface area contributed by atoms with Crippen LogP contribution in [-0.2, 0) is 0 Å². The van der Waals surface area contributed by atoms with Gasteiger partial charge in [0.25, 0.3) is 0 Å². The molecule has 14 aromatic rings. The number of nitrogens with zero attached hydrogens (tertiary/aromatic N) is 7. The maximum atomic E-state index is 5.17. The van der Waals surface area contributed by atoms with Gasteiger partial charge in [0, 0.05) is 60.7 Å². The Kier molecular flexibility index (Phi) is 11.4. The van der Waals surface area contributed by atoms with Crippen molar-refractivity contribution in [1.29, 1.82) is 0 Å². The van der Waals surface area contributed by atoms with Gasteiger partial charge in [-0.1, -0.05) is 212 Å². The lowest BCUT2D eigenvalue weighted by Crippen LogP contribution is -2.33. The van der Waals surface area contributed by atoms with E-state index in [4.69, 9.17) is 24.9 Å². The van der Waals surface area contributed by atoms with Crippen molar-refractivity contribution in [3.63, 3.8) is 0 Å². The normalized spacial score (nSPS) is 13.4. The predicted molar refractivity (Wildman–Crippen MR) is 328 cm³/mol. The van der Waals surface area contributed by atoms with Gasteiger partial charge in [-0.2, -0.15) is 0 Å². The minimum Gasteiger partial charge on any atom is -0.344 e. The van der Waals surface area contributed by atoms with E-state index in [0.29, 0.717) is 23.3 Å². The lowest BCUT2D eigenvalue weighted by atomic mass is 9.97. The van der Waals surface area contributed by atoms with Crippen LogP contribution in [0.1, 0.15) is 22.9 Å². The summed E-state index contributed by atoms with van der Waals surface area (Å²) in [6, 6.07) is 97.8. The molecule has 0 radical (unpaired) electrons. The third-order valence-corrected chi connectivity index (χ3v) is 15.3. The average molecular weight is 1030 g/mol. The highest BCUT2D eigenvalue weighted by molar-refractivity contribution is 6.13. The first-order valence-corrected chi connectivity index (χ1v) is 26.9. The van der Waals surface area contributed by atoms with Crippen LogP contribution in [0, 0.1) is 0 Å². The molecular formula is C72H48N8. The smallest absolute Gasteiger partial charge is 0.164 e. The van der Waals surface area contributed by atoms with E-state index in [2.05, 4.69) is 245 Å². The van der Waals surface area contributed by atoms with E-state index in [1.807, 2.05) is 48.5 Å². The molecule has 8 nitrogen and oxygen atoms in total. The van der Waals surface area contributed by atoms with Crippen LogP contribution < -0.4 is 5.32 Å². The summed E-state index contributed by atoms with van der Waals surface area (Å²) in [5.74, 6) is 3.30. The number of hydrogen-bond donors (Lipinski definition) is 1. The van der Waals surface area contributed by atoms with E-state index in [1.54, 1.807) is 0 Å². The Hall–Kier alpha value is -10.8. The largest absolute Gasteiger partial charge is 0.344 e. The maximum Gasteiger partial charge on any atom is 0.164 e. The number of para-hydroxylation sites is 4. The zero-order chi connectivity index (χ0) is 52.9. The van der Waals surface area contributed by atoms with E-state index in [1.165, 1.54) is 43.6 Å². The van der Waals surface area contributed by atoms with E-state index in [9.17, 15) is 0 Å². The van der Waals surface area contributed by atoms with Gasteiger partial charge in [-0.05, 0) is 94.5 Å². The number of fused-ring (bicyclic) bond motifs is 6. The summed E-state index contributed by atoms with van der Waals surface area (Å²) >= 11 is 0. The van der Waals surface area contributed by atoms with Crippen LogP contribution in [0.4, 0.5) is 0 Å². The summed E-state index contributed by atoms with van der Waals surface area (Å²) in [7, 11) is 0. The van der Waals surface area contributed by atoms with Crippen molar-refractivity contribution in [3.05, 3.63) is 296 Å². The Morgan fingerprint density at radius 3 is 1.10 bits per heavy atom. The van der Waals surface area contributed by atoms with E-state index in [-0.39, 0.29) is 6.17 Å². The Morgan fingerprint density at radius 1 is 0.287 bits per heavy atom. The minimum absolute atomic E-state index is 0.345. The number of aromatic nitrogens is 5. The van der Waals surface area contributed by atoms with Gasteiger partial charge in [-0.3, -0.25) is 0 Å². The minimum atomic E-state index is -0.345. The van der Waals surface area contributed by atoms with Gasteiger partial charge in [-0.25, -0.2) is 24.9 Å². The molecule has 8 heteroatoms. The maximum absolute atomic E-state index is 5.17. The number of nitrogens with one attached hydrogen (secondary N) is 1. The molecular weight excluding hydrogens is 977 g/mol. The summed E-state index contributed by atoms with van der Waals surface area (Å²) < 4.78 is 4.66. The van der Waals surface area contributed by atoms with E-state index in [0.717, 1.165) is 72.8 Å². The van der Waals surface area contributed by atoms with Crippen molar-refractivity contribution in [2.24, 2.45) is 9.98 Å². The molecule has 0 saturated carbocycles. The molecule has 1 unspecified atom stereocenters.